The fraction of sp³-hybridized carbons (Fsp3) is 0.273. The summed E-state index contributed by atoms with van der Waals surface area (Å²) in [6, 6.07) is 9.24. The van der Waals surface area contributed by atoms with Gasteiger partial charge in [-0.3, -0.25) is 14.6 Å². The molecule has 0 radical (unpaired) electrons. The van der Waals surface area contributed by atoms with E-state index < -0.39 is 11.3 Å². The Bertz CT molecular complexity index is 1170. The molecule has 3 heterocycles. The second kappa shape index (κ2) is 7.91. The monoisotopic (exact) mass is 424 g/mol. The van der Waals surface area contributed by atoms with Crippen molar-refractivity contribution in [2.45, 2.75) is 32.9 Å². The molecule has 0 unspecified atom stereocenters. The topological polar surface area (TPSA) is 88.3 Å². The van der Waals surface area contributed by atoms with Crippen LogP contribution in [0.2, 0.25) is 5.02 Å². The first-order valence-electron chi connectivity index (χ1n) is 9.69. The van der Waals surface area contributed by atoms with Crippen molar-refractivity contribution in [3.8, 4) is 16.9 Å². The summed E-state index contributed by atoms with van der Waals surface area (Å²) in [6.07, 6.45) is 3.71. The molecule has 0 saturated heterocycles. The number of aromatic hydroxyl groups is 1. The van der Waals surface area contributed by atoms with Crippen molar-refractivity contribution in [3.05, 3.63) is 75.2 Å². The summed E-state index contributed by atoms with van der Waals surface area (Å²) < 4.78 is 1.66. The van der Waals surface area contributed by atoms with Crippen molar-refractivity contribution < 1.29 is 9.90 Å². The lowest BCUT2D eigenvalue weighted by molar-refractivity contribution is 0.0638. The molecule has 7 nitrogen and oxygen atoms in total. The minimum absolute atomic E-state index is 0.00405. The maximum Gasteiger partial charge on any atom is 0.315 e. The van der Waals surface area contributed by atoms with Crippen LogP contribution in [0.3, 0.4) is 0 Å². The van der Waals surface area contributed by atoms with Gasteiger partial charge >= 0.3 is 5.56 Å². The van der Waals surface area contributed by atoms with E-state index >= 15 is 0 Å². The predicted octanol–water partition coefficient (Wildman–Crippen LogP) is 3.12. The van der Waals surface area contributed by atoms with Crippen LogP contribution in [-0.2, 0) is 13.0 Å². The molecule has 1 aliphatic rings. The van der Waals surface area contributed by atoms with Crippen molar-refractivity contribution in [1.29, 1.82) is 0 Å². The standard InChI is InChI=1S/C22H21ClN4O3/c1-13(2)26-9-10-27-18(25-21(29)20(28)19(27)22(26)30)11-15-3-4-16(23)12-17(15)14-5-7-24-8-6-14/h3-8,12-13,28H,9-11H2,1-2H3. The number of fused-ring (bicyclic) bond motifs is 1. The second-order valence-corrected chi connectivity index (χ2v) is 7.92. The van der Waals surface area contributed by atoms with Gasteiger partial charge in [-0.2, -0.15) is 4.98 Å². The van der Waals surface area contributed by atoms with Crippen LogP contribution in [0.25, 0.3) is 11.1 Å². The van der Waals surface area contributed by atoms with E-state index in [0.29, 0.717) is 30.4 Å². The van der Waals surface area contributed by atoms with E-state index in [0.717, 1.165) is 16.7 Å². The summed E-state index contributed by atoms with van der Waals surface area (Å²) in [6.45, 7) is 4.74. The molecular formula is C22H21ClN4O3. The Morgan fingerprint density at radius 1 is 1.13 bits per heavy atom. The lowest BCUT2D eigenvalue weighted by Crippen LogP contribution is -2.46. The number of amides is 1. The van der Waals surface area contributed by atoms with Crippen LogP contribution in [0, 0.1) is 0 Å². The average Bonchev–Trinajstić information content (AvgIpc) is 2.73. The van der Waals surface area contributed by atoms with E-state index in [-0.39, 0.29) is 17.6 Å². The number of aromatic nitrogens is 3. The molecule has 1 amide bonds. The van der Waals surface area contributed by atoms with Crippen molar-refractivity contribution in [2.75, 3.05) is 6.54 Å². The second-order valence-electron chi connectivity index (χ2n) is 7.49. The SMILES string of the molecule is CC(C)N1CCn2c(Cc3ccc(Cl)cc3-c3ccncc3)nc(=O)c(O)c2C1=O. The van der Waals surface area contributed by atoms with Crippen LogP contribution >= 0.6 is 11.6 Å². The van der Waals surface area contributed by atoms with Gasteiger partial charge in [0.1, 0.15) is 5.82 Å². The molecular weight excluding hydrogens is 404 g/mol. The molecule has 8 heteroatoms. The Morgan fingerprint density at radius 2 is 1.87 bits per heavy atom. The Balaban J connectivity index is 1.83. The quantitative estimate of drug-likeness (QED) is 0.695. The van der Waals surface area contributed by atoms with E-state index in [1.165, 1.54) is 0 Å². The molecule has 3 aromatic rings. The van der Waals surface area contributed by atoms with E-state index in [9.17, 15) is 14.7 Å². The van der Waals surface area contributed by atoms with Crippen molar-refractivity contribution in [2.24, 2.45) is 0 Å². The predicted molar refractivity (Wildman–Crippen MR) is 114 cm³/mol. The van der Waals surface area contributed by atoms with Gasteiger partial charge in [-0.05, 0) is 54.8 Å². The van der Waals surface area contributed by atoms with Crippen LogP contribution in [0.15, 0.2) is 47.5 Å². The average molecular weight is 425 g/mol. The molecule has 30 heavy (non-hydrogen) atoms. The highest BCUT2D eigenvalue weighted by Gasteiger charge is 2.32. The van der Waals surface area contributed by atoms with Crippen LogP contribution in [0.4, 0.5) is 0 Å². The number of hydrogen-bond acceptors (Lipinski definition) is 5. The van der Waals surface area contributed by atoms with Crippen LogP contribution < -0.4 is 5.56 Å². The third-order valence-electron chi connectivity index (χ3n) is 5.30. The number of carbonyl (C=O) groups is 1. The van der Waals surface area contributed by atoms with Crippen molar-refractivity contribution in [1.82, 2.24) is 19.4 Å². The van der Waals surface area contributed by atoms with E-state index in [2.05, 4.69) is 9.97 Å². The molecule has 1 aliphatic heterocycles. The molecule has 0 aliphatic carbocycles. The highest BCUT2D eigenvalue weighted by Crippen LogP contribution is 2.29. The molecule has 2 aromatic heterocycles. The van der Waals surface area contributed by atoms with Gasteiger partial charge in [0.05, 0.1) is 0 Å². The molecule has 1 aromatic carbocycles. The van der Waals surface area contributed by atoms with Gasteiger partial charge in [-0.1, -0.05) is 17.7 Å². The zero-order valence-corrected chi connectivity index (χ0v) is 17.4. The third-order valence-corrected chi connectivity index (χ3v) is 5.54. The third kappa shape index (κ3) is 3.57. The fourth-order valence-corrected chi connectivity index (χ4v) is 3.96. The number of carbonyl (C=O) groups excluding carboxylic acids is 1. The Morgan fingerprint density at radius 3 is 2.57 bits per heavy atom. The molecule has 0 spiro atoms. The molecule has 0 atom stereocenters. The molecule has 4 rings (SSSR count). The Hall–Kier alpha value is -3.19. The first-order valence-corrected chi connectivity index (χ1v) is 10.1. The number of benzene rings is 1. The number of hydrogen-bond donors (Lipinski definition) is 1. The first kappa shape index (κ1) is 20.1. The fourth-order valence-electron chi connectivity index (χ4n) is 3.79. The lowest BCUT2D eigenvalue weighted by Gasteiger charge is -2.34. The van der Waals surface area contributed by atoms with Gasteiger partial charge in [0.25, 0.3) is 5.91 Å². The summed E-state index contributed by atoms with van der Waals surface area (Å²) in [5.74, 6) is -0.526. The summed E-state index contributed by atoms with van der Waals surface area (Å²) >= 11 is 6.23. The van der Waals surface area contributed by atoms with Crippen molar-refractivity contribution >= 4 is 17.5 Å². The summed E-state index contributed by atoms with van der Waals surface area (Å²) in [5.41, 5.74) is 1.94. The molecule has 1 N–H and O–H groups in total. The largest absolute Gasteiger partial charge is 0.501 e. The highest BCUT2D eigenvalue weighted by molar-refractivity contribution is 6.30. The van der Waals surface area contributed by atoms with E-state index in [4.69, 9.17) is 11.6 Å². The van der Waals surface area contributed by atoms with E-state index in [1.807, 2.05) is 38.1 Å². The number of rotatable bonds is 4. The van der Waals surface area contributed by atoms with Gasteiger partial charge < -0.3 is 14.6 Å². The maximum absolute atomic E-state index is 12.9. The highest BCUT2D eigenvalue weighted by atomic mass is 35.5. The van der Waals surface area contributed by atoms with Crippen molar-refractivity contribution in [3.63, 3.8) is 0 Å². The zero-order valence-electron chi connectivity index (χ0n) is 16.7. The molecule has 0 fully saturated rings. The van der Waals surface area contributed by atoms with Gasteiger partial charge in [-0.25, -0.2) is 0 Å². The minimum Gasteiger partial charge on any atom is -0.501 e. The normalized spacial score (nSPS) is 13.6. The van der Waals surface area contributed by atoms with Gasteiger partial charge in [0, 0.05) is 43.0 Å². The minimum atomic E-state index is -0.797. The number of pyridine rings is 1. The van der Waals surface area contributed by atoms with Crippen LogP contribution in [0.5, 0.6) is 5.75 Å². The number of halogens is 1. The lowest BCUT2D eigenvalue weighted by atomic mass is 9.98. The summed E-state index contributed by atoms with van der Waals surface area (Å²) in [5, 5.41) is 10.9. The Kier molecular flexibility index (Phi) is 5.30. The Labute approximate surface area is 178 Å². The van der Waals surface area contributed by atoms with Crippen LogP contribution in [-0.4, -0.2) is 43.0 Å². The number of nitrogens with zero attached hydrogens (tertiary/aromatic N) is 4. The van der Waals surface area contributed by atoms with Gasteiger partial charge in [0.15, 0.2) is 5.69 Å². The zero-order chi connectivity index (χ0) is 21.4. The smallest absolute Gasteiger partial charge is 0.315 e. The first-order chi connectivity index (χ1) is 14.4. The molecule has 0 bridgehead atoms. The summed E-state index contributed by atoms with van der Waals surface area (Å²) in [7, 11) is 0. The van der Waals surface area contributed by atoms with Gasteiger partial charge in [0.2, 0.25) is 5.75 Å². The van der Waals surface area contributed by atoms with Gasteiger partial charge in [-0.15, -0.1) is 0 Å². The molecule has 0 saturated carbocycles. The van der Waals surface area contributed by atoms with Crippen LogP contribution in [0.1, 0.15) is 35.7 Å². The maximum atomic E-state index is 12.9. The summed E-state index contributed by atoms with van der Waals surface area (Å²) in [4.78, 5) is 35.1. The van der Waals surface area contributed by atoms with E-state index in [1.54, 1.807) is 27.9 Å². The molecule has 154 valence electrons.